The molecule has 0 atom stereocenters. The molecule has 23 heavy (non-hydrogen) atoms. The first-order valence-electron chi connectivity index (χ1n) is 7.89. The van der Waals surface area contributed by atoms with E-state index in [1.165, 1.54) is 5.56 Å². The number of fused-ring (bicyclic) bond motifs is 2. The topological polar surface area (TPSA) is 59.8 Å². The molecule has 2 heterocycles. The molecular formula is C18H18N4O. The highest BCUT2D eigenvalue weighted by atomic mass is 16.1. The zero-order valence-corrected chi connectivity index (χ0v) is 13.0. The van der Waals surface area contributed by atoms with Gasteiger partial charge >= 0.3 is 0 Å². The van der Waals surface area contributed by atoms with Gasteiger partial charge in [-0.3, -0.25) is 9.48 Å². The first-order chi connectivity index (χ1) is 11.2. The minimum Gasteiger partial charge on any atom is -0.380 e. The summed E-state index contributed by atoms with van der Waals surface area (Å²) in [6.07, 6.45) is 4.11. The monoisotopic (exact) mass is 306 g/mol. The van der Waals surface area contributed by atoms with Crippen molar-refractivity contribution in [2.24, 2.45) is 7.05 Å². The minimum atomic E-state index is 0.181. The minimum absolute atomic E-state index is 0.181. The third-order valence-corrected chi connectivity index (χ3v) is 4.36. The van der Waals surface area contributed by atoms with E-state index in [9.17, 15) is 4.79 Å². The molecule has 1 aromatic carbocycles. The number of ketones is 1. The predicted molar refractivity (Wildman–Crippen MR) is 89.5 cm³/mol. The molecule has 0 bridgehead atoms. The zero-order chi connectivity index (χ0) is 15.8. The van der Waals surface area contributed by atoms with Crippen LogP contribution in [-0.4, -0.2) is 20.5 Å². The Morgan fingerprint density at radius 1 is 1.22 bits per heavy atom. The number of hydrogen-bond acceptors (Lipinski definition) is 4. The molecule has 0 aliphatic heterocycles. The molecule has 0 spiro atoms. The number of nitrogens with one attached hydrogen (secondary N) is 1. The molecule has 2 aromatic heterocycles. The van der Waals surface area contributed by atoms with Gasteiger partial charge in [-0.05, 0) is 18.4 Å². The number of hydrogen-bond donors (Lipinski definition) is 1. The van der Waals surface area contributed by atoms with Crippen LogP contribution in [0.3, 0.4) is 0 Å². The van der Waals surface area contributed by atoms with E-state index in [0.29, 0.717) is 13.0 Å². The number of benzene rings is 1. The van der Waals surface area contributed by atoms with Crippen molar-refractivity contribution in [1.82, 2.24) is 14.8 Å². The fraction of sp³-hybridized carbons (Fsp3) is 0.278. The molecule has 0 fully saturated rings. The molecule has 0 saturated heterocycles. The van der Waals surface area contributed by atoms with Crippen molar-refractivity contribution < 1.29 is 4.79 Å². The van der Waals surface area contributed by atoms with Gasteiger partial charge in [0.15, 0.2) is 11.4 Å². The van der Waals surface area contributed by atoms with E-state index in [2.05, 4.69) is 27.5 Å². The summed E-state index contributed by atoms with van der Waals surface area (Å²) in [5.74, 6) is 0.181. The van der Waals surface area contributed by atoms with Gasteiger partial charge in [0.2, 0.25) is 0 Å². The van der Waals surface area contributed by atoms with E-state index in [1.807, 2.05) is 25.2 Å². The zero-order valence-electron chi connectivity index (χ0n) is 13.0. The summed E-state index contributed by atoms with van der Waals surface area (Å²) in [6.45, 7) is 0.675. The predicted octanol–water partition coefficient (Wildman–Crippen LogP) is 3.10. The average molecular weight is 306 g/mol. The molecule has 0 radical (unpaired) electrons. The molecule has 5 heteroatoms. The van der Waals surface area contributed by atoms with Crippen molar-refractivity contribution in [3.05, 3.63) is 53.3 Å². The molecule has 0 amide bonds. The van der Waals surface area contributed by atoms with Gasteiger partial charge in [0.1, 0.15) is 0 Å². The normalized spacial score (nSPS) is 14.0. The van der Waals surface area contributed by atoms with Gasteiger partial charge in [0.05, 0.1) is 28.5 Å². The summed E-state index contributed by atoms with van der Waals surface area (Å²) in [4.78, 5) is 17.1. The Balaban J connectivity index is 1.82. The summed E-state index contributed by atoms with van der Waals surface area (Å²) < 4.78 is 1.77. The Morgan fingerprint density at radius 2 is 2.04 bits per heavy atom. The quantitative estimate of drug-likeness (QED) is 0.808. The SMILES string of the molecule is Cn1ncc2c(NCc3ccccc3)c3c(nc21)CCCC3=O. The van der Waals surface area contributed by atoms with Crippen LogP contribution in [0.2, 0.25) is 0 Å². The molecule has 116 valence electrons. The molecular weight excluding hydrogens is 288 g/mol. The molecule has 4 rings (SSSR count). The first kappa shape index (κ1) is 13.9. The van der Waals surface area contributed by atoms with Crippen LogP contribution in [0.4, 0.5) is 5.69 Å². The van der Waals surface area contributed by atoms with Gasteiger partial charge in [-0.25, -0.2) is 4.98 Å². The maximum Gasteiger partial charge on any atom is 0.166 e. The number of carbonyl (C=O) groups is 1. The van der Waals surface area contributed by atoms with Crippen molar-refractivity contribution >= 4 is 22.5 Å². The standard InChI is InChI=1S/C18H18N4O/c1-22-18-13(11-20-22)17(19-10-12-6-3-2-4-7-12)16-14(21-18)8-5-9-15(16)23/h2-4,6-7,11H,5,8-10H2,1H3,(H,19,21). The van der Waals surface area contributed by atoms with Crippen LogP contribution in [0, 0.1) is 0 Å². The number of aromatic nitrogens is 3. The largest absolute Gasteiger partial charge is 0.380 e. The lowest BCUT2D eigenvalue weighted by atomic mass is 9.92. The third kappa shape index (κ3) is 2.38. The maximum atomic E-state index is 12.5. The highest BCUT2D eigenvalue weighted by Crippen LogP contribution is 2.33. The highest BCUT2D eigenvalue weighted by molar-refractivity contribution is 6.09. The van der Waals surface area contributed by atoms with Crippen LogP contribution in [0.5, 0.6) is 0 Å². The second-order valence-electron chi connectivity index (χ2n) is 5.93. The Morgan fingerprint density at radius 3 is 2.87 bits per heavy atom. The molecule has 1 aliphatic rings. The second-order valence-corrected chi connectivity index (χ2v) is 5.93. The molecule has 1 aliphatic carbocycles. The number of Topliss-reactive ketones (excluding diaryl/α,β-unsaturated/α-hetero) is 1. The summed E-state index contributed by atoms with van der Waals surface area (Å²) in [5.41, 5.74) is 4.54. The number of carbonyl (C=O) groups excluding carboxylic acids is 1. The summed E-state index contributed by atoms with van der Waals surface area (Å²) in [6, 6.07) is 10.2. The molecule has 3 aromatic rings. The van der Waals surface area contributed by atoms with Gasteiger partial charge in [-0.2, -0.15) is 5.10 Å². The Labute approximate surface area is 134 Å². The van der Waals surface area contributed by atoms with Crippen molar-refractivity contribution in [2.45, 2.75) is 25.8 Å². The molecule has 1 N–H and O–H groups in total. The van der Waals surface area contributed by atoms with Gasteiger partial charge in [-0.1, -0.05) is 30.3 Å². The molecule has 0 saturated carbocycles. The third-order valence-electron chi connectivity index (χ3n) is 4.36. The fourth-order valence-corrected chi connectivity index (χ4v) is 3.20. The lowest BCUT2D eigenvalue weighted by Gasteiger charge is -2.19. The van der Waals surface area contributed by atoms with Crippen molar-refractivity contribution in [3.63, 3.8) is 0 Å². The second kappa shape index (κ2) is 5.50. The van der Waals surface area contributed by atoms with E-state index >= 15 is 0 Å². The lowest BCUT2D eigenvalue weighted by molar-refractivity contribution is 0.0972. The first-order valence-corrected chi connectivity index (χ1v) is 7.89. The van der Waals surface area contributed by atoms with E-state index < -0.39 is 0 Å². The Hall–Kier alpha value is -2.69. The number of nitrogens with zero attached hydrogens (tertiary/aromatic N) is 3. The van der Waals surface area contributed by atoms with E-state index in [1.54, 1.807) is 10.9 Å². The van der Waals surface area contributed by atoms with Gasteiger partial charge in [0, 0.05) is 20.0 Å². The Bertz CT molecular complexity index is 883. The number of pyridine rings is 1. The fourth-order valence-electron chi connectivity index (χ4n) is 3.20. The van der Waals surface area contributed by atoms with E-state index in [0.717, 1.165) is 40.8 Å². The number of aryl methyl sites for hydroxylation is 2. The Kier molecular flexibility index (Phi) is 3.33. The van der Waals surface area contributed by atoms with E-state index in [4.69, 9.17) is 0 Å². The maximum absolute atomic E-state index is 12.5. The van der Waals surface area contributed by atoms with Gasteiger partial charge in [-0.15, -0.1) is 0 Å². The van der Waals surface area contributed by atoms with Gasteiger partial charge < -0.3 is 5.32 Å². The van der Waals surface area contributed by atoms with Crippen LogP contribution < -0.4 is 5.32 Å². The molecule has 0 unspecified atom stereocenters. The summed E-state index contributed by atoms with van der Waals surface area (Å²) in [5, 5.41) is 8.69. The van der Waals surface area contributed by atoms with Crippen molar-refractivity contribution in [1.29, 1.82) is 0 Å². The smallest absolute Gasteiger partial charge is 0.166 e. The van der Waals surface area contributed by atoms with Crippen LogP contribution >= 0.6 is 0 Å². The van der Waals surface area contributed by atoms with Crippen molar-refractivity contribution in [3.8, 4) is 0 Å². The summed E-state index contributed by atoms with van der Waals surface area (Å²) in [7, 11) is 1.88. The van der Waals surface area contributed by atoms with Crippen LogP contribution in [-0.2, 0) is 20.0 Å². The van der Waals surface area contributed by atoms with Crippen LogP contribution in [0.15, 0.2) is 36.5 Å². The van der Waals surface area contributed by atoms with Crippen LogP contribution in [0.25, 0.3) is 11.0 Å². The van der Waals surface area contributed by atoms with Crippen molar-refractivity contribution in [2.75, 3.05) is 5.32 Å². The van der Waals surface area contributed by atoms with Crippen LogP contribution in [0.1, 0.15) is 34.5 Å². The number of anilines is 1. The average Bonchev–Trinajstić information content (AvgIpc) is 2.94. The molecule has 5 nitrogen and oxygen atoms in total. The lowest BCUT2D eigenvalue weighted by Crippen LogP contribution is -2.17. The number of rotatable bonds is 3. The van der Waals surface area contributed by atoms with E-state index in [-0.39, 0.29) is 5.78 Å². The highest BCUT2D eigenvalue weighted by Gasteiger charge is 2.25. The van der Waals surface area contributed by atoms with Gasteiger partial charge in [0.25, 0.3) is 0 Å². The summed E-state index contributed by atoms with van der Waals surface area (Å²) >= 11 is 0.